The third-order valence-corrected chi connectivity index (χ3v) is 3.62. The van der Waals surface area contributed by atoms with Gasteiger partial charge in [0.05, 0.1) is 4.92 Å². The molecule has 0 saturated heterocycles. The first kappa shape index (κ1) is 12.0. The number of nitrogens with zero attached hydrogens (tertiary/aromatic N) is 1. The molecule has 0 aliphatic heterocycles. The lowest BCUT2D eigenvalue weighted by atomic mass is 9.90. The van der Waals surface area contributed by atoms with Crippen molar-refractivity contribution in [1.82, 2.24) is 0 Å². The van der Waals surface area contributed by atoms with Gasteiger partial charge in [-0.15, -0.1) is 0 Å². The largest absolute Gasteiger partial charge is 0.327 e. The van der Waals surface area contributed by atoms with Crippen molar-refractivity contribution in [1.29, 1.82) is 0 Å². The molecule has 0 heterocycles. The fraction of sp³-hybridized carbons (Fsp3) is 0.500. The standard InChI is InChI=1S/C12H15FN2O2/c1-8(14)12(4-5-12)7-9-2-3-11(15(16)17)10(13)6-9/h2-3,6,8H,4-5,7,14H2,1H3. The number of benzene rings is 1. The molecule has 1 aliphatic carbocycles. The number of nitro groups is 1. The first-order valence-corrected chi connectivity index (χ1v) is 5.63. The second-order valence-corrected chi connectivity index (χ2v) is 4.87. The molecule has 5 heteroatoms. The maximum Gasteiger partial charge on any atom is 0.304 e. The fourth-order valence-electron chi connectivity index (χ4n) is 2.17. The highest BCUT2D eigenvalue weighted by Crippen LogP contribution is 2.50. The van der Waals surface area contributed by atoms with Gasteiger partial charge in [-0.05, 0) is 43.2 Å². The predicted molar refractivity (Wildman–Crippen MR) is 62.1 cm³/mol. The van der Waals surface area contributed by atoms with Crippen LogP contribution in [0.1, 0.15) is 25.3 Å². The number of nitrogens with two attached hydrogens (primary N) is 1. The SMILES string of the molecule is CC(N)C1(Cc2ccc([N+](=O)[O-])c(F)c2)CC1. The molecule has 0 bridgehead atoms. The first-order chi connectivity index (χ1) is 7.94. The number of hydrogen-bond acceptors (Lipinski definition) is 3. The molecule has 2 N–H and O–H groups in total. The Kier molecular flexibility index (Phi) is 2.87. The molecule has 1 atom stereocenters. The normalized spacial score (nSPS) is 18.8. The summed E-state index contributed by atoms with van der Waals surface area (Å²) >= 11 is 0. The van der Waals surface area contributed by atoms with Crippen molar-refractivity contribution in [2.24, 2.45) is 11.1 Å². The van der Waals surface area contributed by atoms with Crippen molar-refractivity contribution in [3.8, 4) is 0 Å². The van der Waals surface area contributed by atoms with Crippen molar-refractivity contribution in [2.75, 3.05) is 0 Å². The van der Waals surface area contributed by atoms with Crippen LogP contribution in [0.3, 0.4) is 0 Å². The zero-order valence-electron chi connectivity index (χ0n) is 9.65. The summed E-state index contributed by atoms with van der Waals surface area (Å²) in [7, 11) is 0. The summed E-state index contributed by atoms with van der Waals surface area (Å²) in [5, 5.41) is 10.5. The second kappa shape index (κ2) is 4.07. The monoisotopic (exact) mass is 238 g/mol. The third-order valence-electron chi connectivity index (χ3n) is 3.62. The van der Waals surface area contributed by atoms with E-state index in [-0.39, 0.29) is 11.5 Å². The minimum Gasteiger partial charge on any atom is -0.327 e. The minimum atomic E-state index is -0.770. The molecule has 92 valence electrons. The van der Waals surface area contributed by atoms with E-state index in [4.69, 9.17) is 5.73 Å². The average Bonchev–Trinajstić information content (AvgIpc) is 2.98. The Balaban J connectivity index is 2.19. The maximum atomic E-state index is 13.4. The molecule has 1 fully saturated rings. The molecule has 1 aromatic carbocycles. The highest BCUT2D eigenvalue weighted by Gasteiger charge is 2.45. The van der Waals surface area contributed by atoms with Crippen LogP contribution in [-0.2, 0) is 6.42 Å². The molecule has 1 saturated carbocycles. The van der Waals surface area contributed by atoms with Gasteiger partial charge in [-0.1, -0.05) is 6.07 Å². The van der Waals surface area contributed by atoms with Crippen LogP contribution in [0.2, 0.25) is 0 Å². The lowest BCUT2D eigenvalue weighted by Gasteiger charge is -2.19. The van der Waals surface area contributed by atoms with Crippen molar-refractivity contribution in [3.05, 3.63) is 39.7 Å². The molecule has 1 unspecified atom stereocenters. The van der Waals surface area contributed by atoms with Crippen LogP contribution in [0.15, 0.2) is 18.2 Å². The molecule has 17 heavy (non-hydrogen) atoms. The van der Waals surface area contributed by atoms with Crippen molar-refractivity contribution < 1.29 is 9.31 Å². The molecule has 1 aromatic rings. The van der Waals surface area contributed by atoms with Gasteiger partial charge in [0, 0.05) is 12.1 Å². The van der Waals surface area contributed by atoms with E-state index in [9.17, 15) is 14.5 Å². The summed E-state index contributed by atoms with van der Waals surface area (Å²) in [5.74, 6) is -0.770. The van der Waals surface area contributed by atoms with E-state index in [1.165, 1.54) is 12.1 Å². The van der Waals surface area contributed by atoms with Gasteiger partial charge in [0.25, 0.3) is 0 Å². The van der Waals surface area contributed by atoms with E-state index in [1.54, 1.807) is 6.07 Å². The van der Waals surface area contributed by atoms with Gasteiger partial charge < -0.3 is 5.73 Å². The highest BCUT2D eigenvalue weighted by molar-refractivity contribution is 5.35. The molecule has 0 spiro atoms. The quantitative estimate of drug-likeness (QED) is 0.646. The van der Waals surface area contributed by atoms with E-state index in [2.05, 4.69) is 0 Å². The summed E-state index contributed by atoms with van der Waals surface area (Å²) in [4.78, 5) is 9.77. The van der Waals surface area contributed by atoms with Crippen LogP contribution < -0.4 is 5.73 Å². The molecular formula is C12H15FN2O2. The van der Waals surface area contributed by atoms with E-state index >= 15 is 0 Å². The van der Waals surface area contributed by atoms with Crippen molar-refractivity contribution in [2.45, 2.75) is 32.2 Å². The highest BCUT2D eigenvalue weighted by atomic mass is 19.1. The van der Waals surface area contributed by atoms with Crippen molar-refractivity contribution >= 4 is 5.69 Å². The van der Waals surface area contributed by atoms with Gasteiger partial charge in [-0.25, -0.2) is 0 Å². The average molecular weight is 238 g/mol. The van der Waals surface area contributed by atoms with E-state index in [0.29, 0.717) is 6.42 Å². The Morgan fingerprint density at radius 1 is 1.59 bits per heavy atom. The zero-order chi connectivity index (χ0) is 12.6. The minimum absolute atomic E-state index is 0.0701. The second-order valence-electron chi connectivity index (χ2n) is 4.87. The number of rotatable bonds is 4. The molecule has 4 nitrogen and oxygen atoms in total. The Labute approximate surface area is 98.8 Å². The van der Waals surface area contributed by atoms with Crippen LogP contribution >= 0.6 is 0 Å². The Hall–Kier alpha value is -1.49. The van der Waals surface area contributed by atoms with Gasteiger partial charge in [0.15, 0.2) is 0 Å². The predicted octanol–water partition coefficient (Wildman–Crippen LogP) is 2.40. The van der Waals surface area contributed by atoms with Crippen LogP contribution in [0.25, 0.3) is 0 Å². The molecule has 1 aliphatic rings. The lowest BCUT2D eigenvalue weighted by Crippen LogP contribution is -2.29. The number of hydrogen-bond donors (Lipinski definition) is 1. The number of halogens is 1. The first-order valence-electron chi connectivity index (χ1n) is 5.63. The Morgan fingerprint density at radius 3 is 2.65 bits per heavy atom. The van der Waals surface area contributed by atoms with Gasteiger partial charge in [-0.3, -0.25) is 10.1 Å². The van der Waals surface area contributed by atoms with Gasteiger partial charge >= 0.3 is 5.69 Å². The Bertz CT molecular complexity index is 456. The summed E-state index contributed by atoms with van der Waals surface area (Å²) in [6, 6.07) is 4.16. The Morgan fingerprint density at radius 2 is 2.24 bits per heavy atom. The fourth-order valence-corrected chi connectivity index (χ4v) is 2.17. The lowest BCUT2D eigenvalue weighted by molar-refractivity contribution is -0.387. The van der Waals surface area contributed by atoms with Gasteiger partial charge in [-0.2, -0.15) is 4.39 Å². The number of nitro benzene ring substituents is 1. The molecular weight excluding hydrogens is 223 g/mol. The summed E-state index contributed by atoms with van der Waals surface area (Å²) in [6.45, 7) is 1.95. The van der Waals surface area contributed by atoms with Crippen LogP contribution in [0.5, 0.6) is 0 Å². The summed E-state index contributed by atoms with van der Waals surface area (Å²) in [5.41, 5.74) is 6.27. The smallest absolute Gasteiger partial charge is 0.304 e. The third kappa shape index (κ3) is 2.29. The van der Waals surface area contributed by atoms with Crippen LogP contribution in [0.4, 0.5) is 10.1 Å². The van der Waals surface area contributed by atoms with E-state index in [0.717, 1.165) is 18.4 Å². The van der Waals surface area contributed by atoms with Crippen LogP contribution in [-0.4, -0.2) is 11.0 Å². The van der Waals surface area contributed by atoms with Crippen molar-refractivity contribution in [3.63, 3.8) is 0 Å². The topological polar surface area (TPSA) is 69.2 Å². The summed E-state index contributed by atoms with van der Waals surface area (Å²) < 4.78 is 13.4. The molecule has 0 aromatic heterocycles. The maximum absolute atomic E-state index is 13.4. The van der Waals surface area contributed by atoms with Gasteiger partial charge in [0.1, 0.15) is 0 Å². The summed E-state index contributed by atoms with van der Waals surface area (Å²) in [6.07, 6.45) is 2.78. The molecule has 2 rings (SSSR count). The van der Waals surface area contributed by atoms with E-state index < -0.39 is 16.4 Å². The van der Waals surface area contributed by atoms with Crippen LogP contribution in [0, 0.1) is 21.3 Å². The van der Waals surface area contributed by atoms with E-state index in [1.807, 2.05) is 6.92 Å². The zero-order valence-corrected chi connectivity index (χ0v) is 9.65. The van der Waals surface area contributed by atoms with Gasteiger partial charge in [0.2, 0.25) is 5.82 Å². The molecule has 0 radical (unpaired) electrons. The molecule has 0 amide bonds.